The predicted octanol–water partition coefficient (Wildman–Crippen LogP) is 3.38. The van der Waals surface area contributed by atoms with E-state index < -0.39 is 11.6 Å². The van der Waals surface area contributed by atoms with Gasteiger partial charge in [-0.25, -0.2) is 13.5 Å². The molecule has 1 fully saturated rings. The molecule has 31 heavy (non-hydrogen) atoms. The van der Waals surface area contributed by atoms with E-state index >= 15 is 0 Å². The van der Waals surface area contributed by atoms with E-state index in [4.69, 9.17) is 4.74 Å². The van der Waals surface area contributed by atoms with Crippen molar-refractivity contribution in [2.24, 2.45) is 5.92 Å². The molecule has 4 rings (SSSR count). The minimum absolute atomic E-state index is 0.176. The lowest BCUT2D eigenvalue weighted by Gasteiger charge is -2.31. The third-order valence-corrected chi connectivity index (χ3v) is 5.28. The van der Waals surface area contributed by atoms with Crippen molar-refractivity contribution < 1.29 is 18.3 Å². The maximum Gasteiger partial charge on any atom is 0.310 e. The molecule has 9 heteroatoms. The van der Waals surface area contributed by atoms with Gasteiger partial charge in [-0.05, 0) is 50.6 Å². The quantitative estimate of drug-likeness (QED) is 0.562. The van der Waals surface area contributed by atoms with Crippen molar-refractivity contribution in [2.45, 2.75) is 26.3 Å². The summed E-state index contributed by atoms with van der Waals surface area (Å²) in [6.45, 7) is 3.99. The molecule has 1 aromatic carbocycles. The molecule has 1 unspecified atom stereocenters. The number of nitrogens with zero attached hydrogens (tertiary/aromatic N) is 5. The lowest BCUT2D eigenvalue weighted by atomic mass is 9.98. The number of esters is 1. The number of rotatable bonds is 6. The Labute approximate surface area is 178 Å². The highest BCUT2D eigenvalue weighted by Gasteiger charge is 2.28. The fourth-order valence-electron chi connectivity index (χ4n) is 3.92. The second kappa shape index (κ2) is 9.30. The lowest BCUT2D eigenvalue weighted by Crippen LogP contribution is -2.39. The molecule has 3 heterocycles. The van der Waals surface area contributed by atoms with Crippen molar-refractivity contribution in [3.05, 3.63) is 60.1 Å². The van der Waals surface area contributed by atoms with E-state index in [2.05, 4.69) is 20.2 Å². The second-order valence-corrected chi connectivity index (χ2v) is 7.49. The molecule has 0 spiro atoms. The van der Waals surface area contributed by atoms with Crippen molar-refractivity contribution in [2.75, 3.05) is 19.7 Å². The molecule has 0 aliphatic carbocycles. The average molecular weight is 427 g/mol. The van der Waals surface area contributed by atoms with Gasteiger partial charge in [0.15, 0.2) is 0 Å². The van der Waals surface area contributed by atoms with Crippen LogP contribution in [0, 0.1) is 17.6 Å². The van der Waals surface area contributed by atoms with Crippen LogP contribution in [-0.4, -0.2) is 50.5 Å². The molecule has 1 aliphatic rings. The SMILES string of the molecule is CCOC(=O)C1CCCN(Cc2nnn(-c3cc(F)cc(F)c3)c2-c2ccncc2)C1. The van der Waals surface area contributed by atoms with E-state index in [1.165, 1.54) is 16.8 Å². The highest BCUT2D eigenvalue weighted by atomic mass is 19.1. The maximum absolute atomic E-state index is 13.8. The highest BCUT2D eigenvalue weighted by molar-refractivity contribution is 5.72. The van der Waals surface area contributed by atoms with Crippen LogP contribution < -0.4 is 0 Å². The first-order valence-corrected chi connectivity index (χ1v) is 10.3. The van der Waals surface area contributed by atoms with Crippen LogP contribution in [-0.2, 0) is 16.1 Å². The summed E-state index contributed by atoms with van der Waals surface area (Å²) in [6, 6.07) is 6.84. The molecule has 7 nitrogen and oxygen atoms in total. The van der Waals surface area contributed by atoms with E-state index in [1.807, 2.05) is 0 Å². The van der Waals surface area contributed by atoms with Gasteiger partial charge in [-0.2, -0.15) is 0 Å². The molecule has 0 radical (unpaired) electrons. The van der Waals surface area contributed by atoms with Crippen molar-refractivity contribution in [3.63, 3.8) is 0 Å². The number of likely N-dealkylation sites (tertiary alicyclic amines) is 1. The van der Waals surface area contributed by atoms with Gasteiger partial charge in [-0.3, -0.25) is 14.7 Å². The Bertz CT molecular complexity index is 1040. The van der Waals surface area contributed by atoms with Crippen LogP contribution in [0.1, 0.15) is 25.5 Å². The summed E-state index contributed by atoms with van der Waals surface area (Å²) < 4.78 is 34.3. The summed E-state index contributed by atoms with van der Waals surface area (Å²) in [5.74, 6) is -1.74. The first-order valence-electron chi connectivity index (χ1n) is 10.3. The number of halogens is 2. The standard InChI is InChI=1S/C22H23F2N5O2/c1-2-31-22(30)16-4-3-9-28(13-16)14-20-21(15-5-7-25-8-6-15)29(27-26-20)19-11-17(23)10-18(24)12-19/h5-8,10-12,16H,2-4,9,13-14H2,1H3. The van der Waals surface area contributed by atoms with E-state index in [9.17, 15) is 13.6 Å². The number of piperidine rings is 1. The Morgan fingerprint density at radius 1 is 1.19 bits per heavy atom. The summed E-state index contributed by atoms with van der Waals surface area (Å²) in [6.07, 6.45) is 4.94. The van der Waals surface area contributed by atoms with Gasteiger partial charge in [0, 0.05) is 37.1 Å². The van der Waals surface area contributed by atoms with Crippen LogP contribution >= 0.6 is 0 Å². The van der Waals surface area contributed by atoms with Crippen molar-refractivity contribution >= 4 is 5.97 Å². The Kier molecular flexibility index (Phi) is 6.31. The minimum atomic E-state index is -0.693. The third-order valence-electron chi connectivity index (χ3n) is 5.28. The Morgan fingerprint density at radius 2 is 1.94 bits per heavy atom. The lowest BCUT2D eigenvalue weighted by molar-refractivity contribution is -0.150. The topological polar surface area (TPSA) is 73.1 Å². The first-order chi connectivity index (χ1) is 15.0. The number of carbonyl (C=O) groups is 1. The molecular weight excluding hydrogens is 404 g/mol. The normalized spacial score (nSPS) is 16.9. The zero-order chi connectivity index (χ0) is 21.8. The average Bonchev–Trinajstić information content (AvgIpc) is 3.17. The second-order valence-electron chi connectivity index (χ2n) is 7.49. The molecule has 3 aromatic rings. The summed E-state index contributed by atoms with van der Waals surface area (Å²) in [5.41, 5.74) is 2.30. The number of hydrogen-bond acceptors (Lipinski definition) is 6. The van der Waals surface area contributed by atoms with Crippen LogP contribution in [0.15, 0.2) is 42.7 Å². The van der Waals surface area contributed by atoms with Crippen molar-refractivity contribution in [1.29, 1.82) is 0 Å². The van der Waals surface area contributed by atoms with Crippen molar-refractivity contribution in [1.82, 2.24) is 24.9 Å². The van der Waals surface area contributed by atoms with Crippen LogP contribution in [0.4, 0.5) is 8.78 Å². The molecular formula is C22H23F2N5O2. The van der Waals surface area contributed by atoms with Gasteiger partial charge >= 0.3 is 5.97 Å². The summed E-state index contributed by atoms with van der Waals surface area (Å²) in [4.78, 5) is 18.4. The van der Waals surface area contributed by atoms with E-state index in [1.54, 1.807) is 31.5 Å². The van der Waals surface area contributed by atoms with E-state index in [0.29, 0.717) is 31.1 Å². The summed E-state index contributed by atoms with van der Waals surface area (Å²) in [7, 11) is 0. The number of carbonyl (C=O) groups excluding carboxylic acids is 1. The van der Waals surface area contributed by atoms with Gasteiger partial charge in [0.25, 0.3) is 0 Å². The molecule has 0 amide bonds. The zero-order valence-electron chi connectivity index (χ0n) is 17.2. The van der Waals surface area contributed by atoms with Gasteiger partial charge < -0.3 is 4.74 Å². The fraction of sp³-hybridized carbons (Fsp3) is 0.364. The molecule has 1 aliphatic heterocycles. The molecule has 0 N–H and O–H groups in total. The Morgan fingerprint density at radius 3 is 2.65 bits per heavy atom. The predicted molar refractivity (Wildman–Crippen MR) is 109 cm³/mol. The van der Waals surface area contributed by atoms with Gasteiger partial charge in [0.2, 0.25) is 0 Å². The number of hydrogen-bond donors (Lipinski definition) is 0. The van der Waals surface area contributed by atoms with E-state index in [0.717, 1.165) is 31.0 Å². The zero-order valence-corrected chi connectivity index (χ0v) is 17.2. The number of pyridine rings is 1. The van der Waals surface area contributed by atoms with Gasteiger partial charge in [-0.15, -0.1) is 5.10 Å². The third kappa shape index (κ3) is 4.77. The summed E-state index contributed by atoms with van der Waals surface area (Å²) in [5, 5.41) is 8.51. The van der Waals surface area contributed by atoms with Crippen LogP contribution in [0.2, 0.25) is 0 Å². The van der Waals surface area contributed by atoms with Crippen LogP contribution in [0.25, 0.3) is 16.9 Å². The molecule has 2 aromatic heterocycles. The Hall–Kier alpha value is -3.20. The fourth-order valence-corrected chi connectivity index (χ4v) is 3.92. The summed E-state index contributed by atoms with van der Waals surface area (Å²) >= 11 is 0. The van der Waals surface area contributed by atoms with Crippen molar-refractivity contribution in [3.8, 4) is 16.9 Å². The maximum atomic E-state index is 13.8. The molecule has 162 valence electrons. The smallest absolute Gasteiger partial charge is 0.310 e. The Balaban J connectivity index is 1.67. The number of ether oxygens (including phenoxy) is 1. The molecule has 0 saturated carbocycles. The van der Waals surface area contributed by atoms with E-state index in [-0.39, 0.29) is 17.6 Å². The number of benzene rings is 1. The molecule has 1 saturated heterocycles. The number of aromatic nitrogens is 4. The monoisotopic (exact) mass is 427 g/mol. The van der Waals surface area contributed by atoms with Gasteiger partial charge in [0.05, 0.1) is 23.9 Å². The van der Waals surface area contributed by atoms with Crippen LogP contribution in [0.3, 0.4) is 0 Å². The molecule has 0 bridgehead atoms. The van der Waals surface area contributed by atoms with Crippen LogP contribution in [0.5, 0.6) is 0 Å². The highest BCUT2D eigenvalue weighted by Crippen LogP contribution is 2.28. The first kappa shape index (κ1) is 21.0. The minimum Gasteiger partial charge on any atom is -0.466 e. The largest absolute Gasteiger partial charge is 0.466 e. The molecule has 1 atom stereocenters. The van der Waals surface area contributed by atoms with Gasteiger partial charge in [-0.1, -0.05) is 5.21 Å². The van der Waals surface area contributed by atoms with Gasteiger partial charge in [0.1, 0.15) is 17.3 Å².